The molecule has 1 N–H and O–H groups in total. The number of hydrogen-bond acceptors (Lipinski definition) is 4. The van der Waals surface area contributed by atoms with Crippen LogP contribution in [0.3, 0.4) is 0 Å². The van der Waals surface area contributed by atoms with Crippen LogP contribution in [0, 0.1) is 12.8 Å². The van der Waals surface area contributed by atoms with E-state index in [-0.39, 0.29) is 18.4 Å². The van der Waals surface area contributed by atoms with Crippen molar-refractivity contribution in [3.8, 4) is 11.3 Å². The smallest absolute Gasteiger partial charge is 0.257 e. The number of pyridine rings is 1. The first kappa shape index (κ1) is 21.4. The number of carbonyl (C=O) groups is 1. The van der Waals surface area contributed by atoms with E-state index < -0.39 is 5.92 Å². The summed E-state index contributed by atoms with van der Waals surface area (Å²) in [5, 5.41) is 4.86. The van der Waals surface area contributed by atoms with Gasteiger partial charge in [0.15, 0.2) is 0 Å². The van der Waals surface area contributed by atoms with Gasteiger partial charge in [-0.25, -0.2) is 18.7 Å². The van der Waals surface area contributed by atoms with E-state index in [0.29, 0.717) is 31.7 Å². The number of anilines is 1. The highest BCUT2D eigenvalue weighted by Crippen LogP contribution is 2.27. The van der Waals surface area contributed by atoms with Gasteiger partial charge in [-0.15, -0.1) is 0 Å². The summed E-state index contributed by atoms with van der Waals surface area (Å²) in [6.45, 7) is 3.63. The van der Waals surface area contributed by atoms with E-state index in [0.717, 1.165) is 34.8 Å². The van der Waals surface area contributed by atoms with Crippen molar-refractivity contribution in [3.63, 3.8) is 0 Å². The molecular weight excluding hydrogens is 400 g/mol. The van der Waals surface area contributed by atoms with E-state index in [1.165, 1.54) is 0 Å². The fourth-order valence-corrected chi connectivity index (χ4v) is 4.11. The van der Waals surface area contributed by atoms with Gasteiger partial charge < -0.3 is 9.88 Å². The Bertz CT molecular complexity index is 1100. The Morgan fingerprint density at radius 2 is 1.90 bits per heavy atom. The molecule has 4 rings (SSSR count). The molecule has 164 valence electrons. The third kappa shape index (κ3) is 4.90. The molecule has 8 heteroatoms. The second kappa shape index (κ2) is 8.34. The van der Waals surface area contributed by atoms with Crippen LogP contribution in [-0.4, -0.2) is 50.9 Å². The maximum atomic E-state index is 13.2. The molecule has 0 saturated carbocycles. The number of carbonyl (C=O) groups excluding carboxylic acids is 1. The molecule has 1 aliphatic heterocycles. The number of amides is 1. The number of imidazole rings is 1. The summed E-state index contributed by atoms with van der Waals surface area (Å²) < 4.78 is 28.4. The fourth-order valence-electron chi connectivity index (χ4n) is 4.11. The van der Waals surface area contributed by atoms with Crippen LogP contribution in [0.1, 0.15) is 25.6 Å². The number of nitrogens with zero attached hydrogens (tertiary/aromatic N) is 4. The fraction of sp³-hybridized carbons (Fsp3) is 0.435. The molecule has 1 saturated heterocycles. The average molecular weight is 427 g/mol. The predicted octanol–water partition coefficient (Wildman–Crippen LogP) is 4.25. The molecule has 0 spiro atoms. The van der Waals surface area contributed by atoms with Crippen LogP contribution in [-0.2, 0) is 11.8 Å². The molecule has 0 radical (unpaired) electrons. The number of alkyl halides is 2. The summed E-state index contributed by atoms with van der Waals surface area (Å²) in [6.07, 6.45) is 4.73. The van der Waals surface area contributed by atoms with Gasteiger partial charge in [-0.3, -0.25) is 9.69 Å². The lowest BCUT2D eigenvalue weighted by Gasteiger charge is -2.32. The van der Waals surface area contributed by atoms with E-state index in [2.05, 4.69) is 21.4 Å². The van der Waals surface area contributed by atoms with Crippen molar-refractivity contribution in [3.05, 3.63) is 42.5 Å². The topological polar surface area (TPSA) is 63.1 Å². The van der Waals surface area contributed by atoms with Crippen molar-refractivity contribution in [2.75, 3.05) is 25.0 Å². The Morgan fingerprint density at radius 1 is 1.16 bits per heavy atom. The minimum Gasteiger partial charge on any atom is -0.331 e. The van der Waals surface area contributed by atoms with Crippen LogP contribution in [0.2, 0.25) is 0 Å². The molecule has 1 fully saturated rings. The molecule has 2 aromatic heterocycles. The first-order valence-electron chi connectivity index (χ1n) is 10.5. The van der Waals surface area contributed by atoms with Gasteiger partial charge in [-0.1, -0.05) is 12.1 Å². The lowest BCUT2D eigenvalue weighted by molar-refractivity contribution is -0.121. The molecule has 3 aromatic rings. The van der Waals surface area contributed by atoms with Crippen LogP contribution in [0.5, 0.6) is 0 Å². The van der Waals surface area contributed by atoms with Gasteiger partial charge in [-0.05, 0) is 50.4 Å². The number of fused-ring (bicyclic) bond motifs is 1. The van der Waals surface area contributed by atoms with Crippen molar-refractivity contribution in [1.29, 1.82) is 0 Å². The quantitative estimate of drug-likeness (QED) is 0.661. The Kier molecular flexibility index (Phi) is 5.75. The van der Waals surface area contributed by atoms with E-state index in [1.54, 1.807) is 11.1 Å². The number of aromatic nitrogens is 3. The normalized spacial score (nSPS) is 16.0. The number of aryl methyl sites for hydroxylation is 1. The Labute approximate surface area is 180 Å². The lowest BCUT2D eigenvalue weighted by Crippen LogP contribution is -2.42. The van der Waals surface area contributed by atoms with Gasteiger partial charge in [-0.2, -0.15) is 0 Å². The van der Waals surface area contributed by atoms with Crippen molar-refractivity contribution >= 4 is 22.5 Å². The summed E-state index contributed by atoms with van der Waals surface area (Å²) in [5.41, 5.74) is 2.06. The van der Waals surface area contributed by atoms with Crippen LogP contribution >= 0.6 is 0 Å². The Morgan fingerprint density at radius 3 is 2.55 bits per heavy atom. The standard InChI is InChI=1S/C23H27F2N5O/c1-15-26-13-20(29(15)3)17-4-5-18-12-27-21(11-19(18)10-17)28-22(31)16-6-8-30(9-7-16)14-23(2,24)25/h4-5,10-13,16H,6-9,14H2,1-3H3,(H,27,28,31). The highest BCUT2D eigenvalue weighted by molar-refractivity contribution is 5.95. The van der Waals surface area contributed by atoms with Gasteiger partial charge in [0.1, 0.15) is 11.6 Å². The molecule has 0 aliphatic carbocycles. The minimum atomic E-state index is -2.71. The van der Waals surface area contributed by atoms with E-state index in [4.69, 9.17) is 0 Å². The highest BCUT2D eigenvalue weighted by Gasteiger charge is 2.30. The number of likely N-dealkylation sites (tertiary alicyclic amines) is 1. The molecule has 6 nitrogen and oxygen atoms in total. The number of piperidine rings is 1. The second-order valence-electron chi connectivity index (χ2n) is 8.49. The third-order valence-corrected chi connectivity index (χ3v) is 5.95. The summed E-state index contributed by atoms with van der Waals surface area (Å²) in [5.74, 6) is -1.57. The van der Waals surface area contributed by atoms with E-state index >= 15 is 0 Å². The molecule has 31 heavy (non-hydrogen) atoms. The average Bonchev–Trinajstić information content (AvgIpc) is 3.05. The monoisotopic (exact) mass is 427 g/mol. The summed E-state index contributed by atoms with van der Waals surface area (Å²) in [4.78, 5) is 23.1. The van der Waals surface area contributed by atoms with Crippen molar-refractivity contribution < 1.29 is 13.6 Å². The summed E-state index contributed by atoms with van der Waals surface area (Å²) in [7, 11) is 1.98. The zero-order valence-corrected chi connectivity index (χ0v) is 18.0. The Hall–Kier alpha value is -2.87. The predicted molar refractivity (Wildman–Crippen MR) is 117 cm³/mol. The number of nitrogens with one attached hydrogen (secondary N) is 1. The molecule has 0 bridgehead atoms. The largest absolute Gasteiger partial charge is 0.331 e. The molecule has 0 atom stereocenters. The van der Waals surface area contributed by atoms with Gasteiger partial charge in [0.05, 0.1) is 18.4 Å². The molecule has 1 amide bonds. The van der Waals surface area contributed by atoms with E-state index in [1.807, 2.05) is 42.9 Å². The Balaban J connectivity index is 1.45. The zero-order valence-electron chi connectivity index (χ0n) is 18.0. The van der Waals surface area contributed by atoms with Gasteiger partial charge >= 0.3 is 0 Å². The minimum absolute atomic E-state index is 0.104. The zero-order chi connectivity index (χ0) is 22.2. The van der Waals surface area contributed by atoms with Crippen LogP contribution in [0.25, 0.3) is 22.0 Å². The maximum absolute atomic E-state index is 13.2. The lowest BCUT2D eigenvalue weighted by atomic mass is 9.95. The van der Waals surface area contributed by atoms with Crippen molar-refractivity contribution in [2.45, 2.75) is 32.6 Å². The molecule has 1 aliphatic rings. The molecule has 1 aromatic carbocycles. The second-order valence-corrected chi connectivity index (χ2v) is 8.49. The van der Waals surface area contributed by atoms with Crippen molar-refractivity contribution in [1.82, 2.24) is 19.4 Å². The number of rotatable bonds is 5. The summed E-state index contributed by atoms with van der Waals surface area (Å²) in [6, 6.07) is 7.97. The van der Waals surface area contributed by atoms with Crippen molar-refractivity contribution in [2.24, 2.45) is 13.0 Å². The number of benzene rings is 1. The third-order valence-electron chi connectivity index (χ3n) is 5.95. The highest BCUT2D eigenvalue weighted by atomic mass is 19.3. The van der Waals surface area contributed by atoms with Crippen LogP contribution in [0.4, 0.5) is 14.6 Å². The van der Waals surface area contributed by atoms with Crippen LogP contribution in [0.15, 0.2) is 36.7 Å². The number of hydrogen-bond donors (Lipinski definition) is 1. The first-order valence-corrected chi connectivity index (χ1v) is 10.5. The molecule has 3 heterocycles. The number of halogens is 2. The van der Waals surface area contributed by atoms with Gasteiger partial charge in [0.2, 0.25) is 5.91 Å². The summed E-state index contributed by atoms with van der Waals surface area (Å²) >= 11 is 0. The molecular formula is C23H27F2N5O. The molecule has 0 unspecified atom stereocenters. The first-order chi connectivity index (χ1) is 14.7. The maximum Gasteiger partial charge on any atom is 0.257 e. The van der Waals surface area contributed by atoms with Gasteiger partial charge in [0, 0.05) is 37.0 Å². The van der Waals surface area contributed by atoms with Crippen LogP contribution < -0.4 is 5.32 Å². The van der Waals surface area contributed by atoms with Gasteiger partial charge in [0.25, 0.3) is 5.92 Å². The van der Waals surface area contributed by atoms with E-state index in [9.17, 15) is 13.6 Å². The SMILES string of the molecule is Cc1ncc(-c2ccc3cnc(NC(=O)C4CCN(CC(C)(F)F)CC4)cc3c2)n1C.